The minimum Gasteiger partial charge on any atom is -0.341 e. The predicted octanol–water partition coefficient (Wildman–Crippen LogP) is 1.91. The van der Waals surface area contributed by atoms with E-state index in [-0.39, 0.29) is 23.5 Å². The molecule has 140 valence electrons. The van der Waals surface area contributed by atoms with Crippen LogP contribution < -0.4 is 0 Å². The summed E-state index contributed by atoms with van der Waals surface area (Å²) in [5.74, 6) is 0.740. The number of aromatic nitrogens is 3. The number of thioether (sulfide) groups is 1. The normalized spacial score (nSPS) is 20.0. The molecular weight excluding hydrogens is 372 g/mol. The highest BCUT2D eigenvalue weighted by Gasteiger charge is 2.34. The highest BCUT2D eigenvalue weighted by Crippen LogP contribution is 2.25. The lowest BCUT2D eigenvalue weighted by Crippen LogP contribution is -2.41. The number of carbonyl (C=O) groups excluding carboxylic acids is 1. The SMILES string of the molecule is Cc1ccc(-c2nc(S[C@@H](C)C(=O)N(C)[C@@H]3CCS(=O)(=O)C3)n[nH]2)cc1. The Morgan fingerprint density at radius 1 is 1.35 bits per heavy atom. The summed E-state index contributed by atoms with van der Waals surface area (Å²) < 4.78 is 23.2. The van der Waals surface area contributed by atoms with E-state index >= 15 is 0 Å². The van der Waals surface area contributed by atoms with E-state index in [1.54, 1.807) is 18.9 Å². The summed E-state index contributed by atoms with van der Waals surface area (Å²) >= 11 is 1.26. The van der Waals surface area contributed by atoms with Gasteiger partial charge in [-0.3, -0.25) is 9.89 Å². The number of rotatable bonds is 5. The number of nitrogens with zero attached hydrogens (tertiary/aromatic N) is 3. The number of amides is 1. The van der Waals surface area contributed by atoms with E-state index in [1.807, 2.05) is 31.2 Å². The average Bonchev–Trinajstić information content (AvgIpc) is 3.20. The molecule has 0 spiro atoms. The maximum Gasteiger partial charge on any atom is 0.235 e. The summed E-state index contributed by atoms with van der Waals surface area (Å²) in [6, 6.07) is 7.69. The zero-order valence-electron chi connectivity index (χ0n) is 15.0. The summed E-state index contributed by atoms with van der Waals surface area (Å²) in [5, 5.41) is 7.17. The van der Waals surface area contributed by atoms with Crippen LogP contribution >= 0.6 is 11.8 Å². The van der Waals surface area contributed by atoms with Crippen molar-refractivity contribution in [1.29, 1.82) is 0 Å². The number of sulfone groups is 1. The van der Waals surface area contributed by atoms with Crippen LogP contribution in [0.3, 0.4) is 0 Å². The molecule has 0 aliphatic carbocycles. The topological polar surface area (TPSA) is 96.0 Å². The minimum absolute atomic E-state index is 0.0465. The van der Waals surface area contributed by atoms with Crippen molar-refractivity contribution in [2.24, 2.45) is 0 Å². The lowest BCUT2D eigenvalue weighted by molar-refractivity contribution is -0.130. The van der Waals surface area contributed by atoms with Crippen molar-refractivity contribution in [2.45, 2.75) is 36.7 Å². The fraction of sp³-hybridized carbons (Fsp3) is 0.471. The molecule has 0 saturated carbocycles. The van der Waals surface area contributed by atoms with Crippen LogP contribution in [0.5, 0.6) is 0 Å². The lowest BCUT2D eigenvalue weighted by atomic mass is 10.1. The van der Waals surface area contributed by atoms with Gasteiger partial charge in [-0.2, -0.15) is 0 Å². The van der Waals surface area contributed by atoms with Gasteiger partial charge in [0.15, 0.2) is 15.7 Å². The Hall–Kier alpha value is -1.87. The highest BCUT2D eigenvalue weighted by atomic mass is 32.2. The first kappa shape index (κ1) is 18.9. The van der Waals surface area contributed by atoms with E-state index in [2.05, 4.69) is 15.2 Å². The predicted molar refractivity (Wildman–Crippen MR) is 102 cm³/mol. The van der Waals surface area contributed by atoms with Crippen molar-refractivity contribution < 1.29 is 13.2 Å². The van der Waals surface area contributed by atoms with Crippen LogP contribution in [0, 0.1) is 6.92 Å². The third kappa shape index (κ3) is 4.27. The summed E-state index contributed by atoms with van der Waals surface area (Å²) in [4.78, 5) is 18.6. The molecule has 2 aromatic rings. The Kier molecular flexibility index (Phi) is 5.38. The quantitative estimate of drug-likeness (QED) is 0.778. The van der Waals surface area contributed by atoms with Crippen LogP contribution in [0.2, 0.25) is 0 Å². The highest BCUT2D eigenvalue weighted by molar-refractivity contribution is 8.00. The van der Waals surface area contributed by atoms with Crippen molar-refractivity contribution in [3.05, 3.63) is 29.8 Å². The molecule has 0 bridgehead atoms. The van der Waals surface area contributed by atoms with Crippen LogP contribution in [0.1, 0.15) is 18.9 Å². The maximum atomic E-state index is 12.6. The number of aryl methyl sites for hydroxylation is 1. The van der Waals surface area contributed by atoms with Crippen molar-refractivity contribution in [3.63, 3.8) is 0 Å². The molecule has 1 aromatic heterocycles. The van der Waals surface area contributed by atoms with Crippen LogP contribution in [-0.2, 0) is 14.6 Å². The molecule has 1 N–H and O–H groups in total. The number of hydrogen-bond donors (Lipinski definition) is 1. The first-order valence-electron chi connectivity index (χ1n) is 8.38. The van der Waals surface area contributed by atoms with E-state index in [1.165, 1.54) is 17.3 Å². The molecule has 1 amide bonds. The third-order valence-electron chi connectivity index (χ3n) is 4.52. The largest absolute Gasteiger partial charge is 0.341 e. The van der Waals surface area contributed by atoms with Crippen LogP contribution in [-0.4, -0.2) is 64.3 Å². The Labute approximate surface area is 157 Å². The second kappa shape index (κ2) is 7.40. The molecule has 2 heterocycles. The van der Waals surface area contributed by atoms with Crippen LogP contribution in [0.25, 0.3) is 11.4 Å². The van der Waals surface area contributed by atoms with E-state index < -0.39 is 15.1 Å². The van der Waals surface area contributed by atoms with E-state index in [0.717, 1.165) is 5.56 Å². The second-order valence-corrected chi connectivity index (χ2v) is 10.1. The lowest BCUT2D eigenvalue weighted by Gasteiger charge is -2.25. The Bertz CT molecular complexity index is 893. The third-order valence-corrected chi connectivity index (χ3v) is 7.22. The molecule has 9 heteroatoms. The van der Waals surface area contributed by atoms with Gasteiger partial charge in [0.25, 0.3) is 0 Å². The standard InChI is InChI=1S/C17H22N4O3S2/c1-11-4-6-13(7-5-11)15-18-17(20-19-15)25-12(2)16(22)21(3)14-8-9-26(23,24)10-14/h4-7,12,14H,8-10H2,1-3H3,(H,18,19,20)/t12-,14+/m0/s1. The van der Waals surface area contributed by atoms with Crippen molar-refractivity contribution in [3.8, 4) is 11.4 Å². The molecule has 0 unspecified atom stereocenters. The van der Waals surface area contributed by atoms with Crippen LogP contribution in [0.4, 0.5) is 0 Å². The number of carbonyl (C=O) groups is 1. The molecule has 2 atom stereocenters. The summed E-state index contributed by atoms with van der Waals surface area (Å²) in [6.07, 6.45) is 0.500. The number of hydrogen-bond acceptors (Lipinski definition) is 6. The zero-order valence-corrected chi connectivity index (χ0v) is 16.6. The van der Waals surface area contributed by atoms with Gasteiger partial charge in [0, 0.05) is 18.7 Å². The van der Waals surface area contributed by atoms with Crippen molar-refractivity contribution in [1.82, 2.24) is 20.1 Å². The summed E-state index contributed by atoms with van der Waals surface area (Å²) in [7, 11) is -1.35. The van der Waals surface area contributed by atoms with Gasteiger partial charge in [-0.25, -0.2) is 13.4 Å². The van der Waals surface area contributed by atoms with Gasteiger partial charge in [-0.15, -0.1) is 5.10 Å². The number of nitrogens with one attached hydrogen (secondary N) is 1. The first-order valence-corrected chi connectivity index (χ1v) is 11.1. The minimum atomic E-state index is -3.02. The van der Waals surface area contributed by atoms with E-state index in [9.17, 15) is 13.2 Å². The number of aromatic amines is 1. The fourth-order valence-corrected chi connectivity index (χ4v) is 5.50. The zero-order chi connectivity index (χ0) is 18.9. The molecule has 0 radical (unpaired) electrons. The average molecular weight is 395 g/mol. The Morgan fingerprint density at radius 3 is 2.65 bits per heavy atom. The molecule has 26 heavy (non-hydrogen) atoms. The van der Waals surface area contributed by atoms with E-state index in [4.69, 9.17) is 0 Å². The second-order valence-electron chi connectivity index (χ2n) is 6.60. The molecule has 7 nitrogen and oxygen atoms in total. The molecule has 3 rings (SSSR count). The monoisotopic (exact) mass is 394 g/mol. The van der Waals surface area contributed by atoms with Gasteiger partial charge >= 0.3 is 0 Å². The molecule has 1 aliphatic rings. The van der Waals surface area contributed by atoms with E-state index in [0.29, 0.717) is 17.4 Å². The molecule has 1 aliphatic heterocycles. The molecule has 1 aromatic carbocycles. The van der Waals surface area contributed by atoms with Crippen molar-refractivity contribution in [2.75, 3.05) is 18.6 Å². The van der Waals surface area contributed by atoms with Gasteiger partial charge in [0.2, 0.25) is 11.1 Å². The Balaban J connectivity index is 1.63. The van der Waals surface area contributed by atoms with Gasteiger partial charge in [0.1, 0.15) is 0 Å². The maximum absolute atomic E-state index is 12.6. The van der Waals surface area contributed by atoms with Gasteiger partial charge in [-0.1, -0.05) is 41.6 Å². The molecule has 1 fully saturated rings. The number of benzene rings is 1. The van der Waals surface area contributed by atoms with Gasteiger partial charge in [-0.05, 0) is 20.3 Å². The Morgan fingerprint density at radius 2 is 2.04 bits per heavy atom. The fourth-order valence-electron chi connectivity index (χ4n) is 2.90. The smallest absolute Gasteiger partial charge is 0.235 e. The van der Waals surface area contributed by atoms with Crippen molar-refractivity contribution >= 4 is 27.5 Å². The number of H-pyrrole nitrogens is 1. The van der Waals surface area contributed by atoms with Gasteiger partial charge < -0.3 is 4.90 Å². The molecular formula is C17H22N4O3S2. The summed E-state index contributed by atoms with van der Waals surface area (Å²) in [5.41, 5.74) is 2.10. The summed E-state index contributed by atoms with van der Waals surface area (Å²) in [6.45, 7) is 3.81. The molecule has 1 saturated heterocycles. The first-order chi connectivity index (χ1) is 12.2. The van der Waals surface area contributed by atoms with Crippen LogP contribution in [0.15, 0.2) is 29.4 Å². The van der Waals surface area contributed by atoms with Gasteiger partial charge in [0.05, 0.1) is 16.8 Å².